The average Bonchev–Trinajstić information content (AvgIpc) is 2.59. The normalized spacial score (nSPS) is 19.7. The largest absolute Gasteiger partial charge is 0.332 e. The van der Waals surface area contributed by atoms with Crippen molar-refractivity contribution in [3.63, 3.8) is 0 Å². The Balaban J connectivity index is 2.26. The fourth-order valence-corrected chi connectivity index (χ4v) is 3.02. The van der Waals surface area contributed by atoms with Gasteiger partial charge in [0, 0.05) is 33.2 Å². The van der Waals surface area contributed by atoms with Crippen molar-refractivity contribution in [3.05, 3.63) is 16.1 Å². The Morgan fingerprint density at radius 3 is 2.33 bits per heavy atom. The number of aryl methyl sites for hydroxylation is 1. The van der Waals surface area contributed by atoms with E-state index in [4.69, 9.17) is 0 Å². The Hall–Kier alpha value is -0.900. The fraction of sp³-hybridized carbons (Fsp3) is 0.667. The maximum Gasteiger partial charge on any atom is 0.141 e. The summed E-state index contributed by atoms with van der Waals surface area (Å²) in [5, 5.41) is 9.49. The van der Waals surface area contributed by atoms with Gasteiger partial charge in [-0.3, -0.25) is 4.90 Å². The van der Waals surface area contributed by atoms with Crippen LogP contribution in [0, 0.1) is 18.3 Å². The van der Waals surface area contributed by atoms with E-state index in [1.54, 1.807) is 0 Å². The first-order chi connectivity index (χ1) is 8.54. The third-order valence-electron chi connectivity index (χ3n) is 3.60. The molecule has 0 saturated carbocycles. The molecule has 1 fully saturated rings. The molecule has 0 aliphatic carbocycles. The molecule has 1 aromatic rings. The van der Waals surface area contributed by atoms with Crippen LogP contribution in [0.3, 0.4) is 0 Å². The van der Waals surface area contributed by atoms with E-state index in [1.807, 2.05) is 18.5 Å². The molecule has 2 rings (SSSR count). The highest BCUT2D eigenvalue weighted by molar-refractivity contribution is 9.10. The monoisotopic (exact) mass is 311 g/mol. The first-order valence-electron chi connectivity index (χ1n) is 6.05. The molecule has 98 valence electrons. The second kappa shape index (κ2) is 5.39. The zero-order valence-corrected chi connectivity index (χ0v) is 12.6. The molecule has 1 aromatic heterocycles. The molecular formula is C12H18BrN5. The number of likely N-dealkylation sites (N-methyl/N-ethyl adjacent to an activating group) is 1. The minimum Gasteiger partial charge on any atom is -0.332 e. The molecular weight excluding hydrogens is 294 g/mol. The van der Waals surface area contributed by atoms with Crippen LogP contribution in [-0.2, 0) is 7.05 Å². The lowest BCUT2D eigenvalue weighted by atomic mass is 10.1. The summed E-state index contributed by atoms with van der Waals surface area (Å²) in [5.41, 5.74) is 0.958. The summed E-state index contributed by atoms with van der Waals surface area (Å²) < 4.78 is 2.78. The third kappa shape index (κ3) is 2.44. The van der Waals surface area contributed by atoms with E-state index in [1.165, 1.54) is 0 Å². The summed E-state index contributed by atoms with van der Waals surface area (Å²) in [7, 11) is 4.08. The molecule has 2 heterocycles. The van der Waals surface area contributed by atoms with Crippen molar-refractivity contribution < 1.29 is 0 Å². The molecule has 1 atom stereocenters. The number of piperazine rings is 1. The Bertz CT molecular complexity index is 468. The van der Waals surface area contributed by atoms with Crippen LogP contribution in [0.1, 0.15) is 17.6 Å². The van der Waals surface area contributed by atoms with Gasteiger partial charge in [-0.25, -0.2) is 4.98 Å². The first-order valence-corrected chi connectivity index (χ1v) is 6.84. The standard InChI is InChI=1S/C12H18BrN5/c1-9-15-12(13)11(17(9)3)10(8-14)18-6-4-16(2)5-7-18/h10H,4-7H2,1-3H3. The summed E-state index contributed by atoms with van der Waals surface area (Å²) >= 11 is 3.47. The lowest BCUT2D eigenvalue weighted by molar-refractivity contribution is 0.130. The van der Waals surface area contributed by atoms with Gasteiger partial charge in [0.25, 0.3) is 0 Å². The van der Waals surface area contributed by atoms with Gasteiger partial charge in [0.05, 0.1) is 11.8 Å². The number of hydrogen-bond donors (Lipinski definition) is 0. The highest BCUT2D eigenvalue weighted by Gasteiger charge is 2.28. The van der Waals surface area contributed by atoms with E-state index in [9.17, 15) is 5.26 Å². The van der Waals surface area contributed by atoms with Gasteiger partial charge in [0.15, 0.2) is 0 Å². The SMILES string of the molecule is Cc1nc(Br)c(C(C#N)N2CCN(C)CC2)n1C. The van der Waals surface area contributed by atoms with Gasteiger partial charge in [-0.2, -0.15) is 5.26 Å². The number of rotatable bonds is 2. The second-order valence-electron chi connectivity index (χ2n) is 4.76. The molecule has 1 unspecified atom stereocenters. The zero-order chi connectivity index (χ0) is 13.3. The summed E-state index contributed by atoms with van der Waals surface area (Å²) in [6, 6.07) is 2.19. The lowest BCUT2D eigenvalue weighted by Gasteiger charge is -2.35. The highest BCUT2D eigenvalue weighted by Crippen LogP contribution is 2.28. The van der Waals surface area contributed by atoms with Crippen molar-refractivity contribution in [2.45, 2.75) is 13.0 Å². The molecule has 6 heteroatoms. The number of halogens is 1. The first kappa shape index (κ1) is 13.5. The van der Waals surface area contributed by atoms with Gasteiger partial charge in [0.2, 0.25) is 0 Å². The van der Waals surface area contributed by atoms with Crippen LogP contribution in [-0.4, -0.2) is 52.6 Å². The topological polar surface area (TPSA) is 48.1 Å². The van der Waals surface area contributed by atoms with Crippen LogP contribution in [0.5, 0.6) is 0 Å². The average molecular weight is 312 g/mol. The van der Waals surface area contributed by atoms with E-state index in [2.05, 4.69) is 43.8 Å². The summed E-state index contributed by atoms with van der Waals surface area (Å²) in [6.07, 6.45) is 0. The van der Waals surface area contributed by atoms with Crippen LogP contribution in [0.4, 0.5) is 0 Å². The predicted molar refractivity (Wildman–Crippen MR) is 73.1 cm³/mol. The third-order valence-corrected chi connectivity index (χ3v) is 4.19. The molecule has 0 aromatic carbocycles. The van der Waals surface area contributed by atoms with E-state index >= 15 is 0 Å². The van der Waals surface area contributed by atoms with Gasteiger partial charge < -0.3 is 9.47 Å². The van der Waals surface area contributed by atoms with Gasteiger partial charge in [-0.15, -0.1) is 0 Å². The predicted octanol–water partition coefficient (Wildman–Crippen LogP) is 1.30. The van der Waals surface area contributed by atoms with Gasteiger partial charge in [-0.05, 0) is 29.9 Å². The van der Waals surface area contributed by atoms with Crippen LogP contribution in [0.15, 0.2) is 4.60 Å². The smallest absolute Gasteiger partial charge is 0.141 e. The van der Waals surface area contributed by atoms with E-state index in [0.29, 0.717) is 0 Å². The molecule has 1 aliphatic rings. The van der Waals surface area contributed by atoms with E-state index < -0.39 is 0 Å². The van der Waals surface area contributed by atoms with Crippen molar-refractivity contribution in [1.82, 2.24) is 19.4 Å². The summed E-state index contributed by atoms with van der Waals surface area (Å²) in [6.45, 7) is 5.81. The Kier molecular flexibility index (Phi) is 4.05. The molecule has 0 spiro atoms. The van der Waals surface area contributed by atoms with E-state index in [-0.39, 0.29) is 6.04 Å². The van der Waals surface area contributed by atoms with Crippen molar-refractivity contribution in [2.75, 3.05) is 33.2 Å². The molecule has 1 saturated heterocycles. The van der Waals surface area contributed by atoms with E-state index in [0.717, 1.165) is 42.3 Å². The fourth-order valence-electron chi connectivity index (χ4n) is 2.28. The van der Waals surface area contributed by atoms with Crippen LogP contribution < -0.4 is 0 Å². The Morgan fingerprint density at radius 1 is 1.28 bits per heavy atom. The van der Waals surface area contributed by atoms with Crippen LogP contribution in [0.2, 0.25) is 0 Å². The van der Waals surface area contributed by atoms with Gasteiger partial charge >= 0.3 is 0 Å². The maximum absolute atomic E-state index is 9.49. The number of nitrogens with zero attached hydrogens (tertiary/aromatic N) is 5. The molecule has 18 heavy (non-hydrogen) atoms. The molecule has 0 N–H and O–H groups in total. The van der Waals surface area contributed by atoms with Crippen LogP contribution >= 0.6 is 15.9 Å². The van der Waals surface area contributed by atoms with Crippen LogP contribution in [0.25, 0.3) is 0 Å². The zero-order valence-electron chi connectivity index (χ0n) is 11.0. The number of aromatic nitrogens is 2. The minimum atomic E-state index is -0.223. The molecule has 5 nitrogen and oxygen atoms in total. The lowest BCUT2D eigenvalue weighted by Crippen LogP contribution is -2.46. The number of imidazole rings is 1. The minimum absolute atomic E-state index is 0.223. The Labute approximate surface area is 116 Å². The molecule has 1 aliphatic heterocycles. The summed E-state index contributed by atoms with van der Waals surface area (Å²) in [5.74, 6) is 0.922. The number of hydrogen-bond acceptors (Lipinski definition) is 4. The molecule has 0 amide bonds. The van der Waals surface area contributed by atoms with Gasteiger partial charge in [-0.1, -0.05) is 0 Å². The Morgan fingerprint density at radius 2 is 1.89 bits per heavy atom. The van der Waals surface area contributed by atoms with Gasteiger partial charge in [0.1, 0.15) is 16.5 Å². The van der Waals surface area contributed by atoms with Crippen molar-refractivity contribution >= 4 is 15.9 Å². The maximum atomic E-state index is 9.49. The highest BCUT2D eigenvalue weighted by atomic mass is 79.9. The quantitative estimate of drug-likeness (QED) is 0.826. The van der Waals surface area contributed by atoms with Crippen molar-refractivity contribution in [2.24, 2.45) is 7.05 Å². The van der Waals surface area contributed by atoms with Crippen molar-refractivity contribution in [1.29, 1.82) is 5.26 Å². The second-order valence-corrected chi connectivity index (χ2v) is 5.52. The molecule has 0 bridgehead atoms. The van der Waals surface area contributed by atoms with Crippen molar-refractivity contribution in [3.8, 4) is 6.07 Å². The summed E-state index contributed by atoms with van der Waals surface area (Å²) in [4.78, 5) is 8.89. The molecule has 0 radical (unpaired) electrons. The number of nitriles is 1.